The smallest absolute Gasteiger partial charge is 0.251 e. The molecule has 1 aliphatic carbocycles. The predicted octanol–water partition coefficient (Wildman–Crippen LogP) is 2.23. The second-order valence-corrected chi connectivity index (χ2v) is 7.88. The second-order valence-electron chi connectivity index (χ2n) is 7.88. The van der Waals surface area contributed by atoms with E-state index in [9.17, 15) is 9.59 Å². The average Bonchev–Trinajstić information content (AvgIpc) is 3.42. The van der Waals surface area contributed by atoms with Crippen LogP contribution in [0, 0.1) is 11.8 Å². The minimum Gasteiger partial charge on any atom is -0.490 e. The summed E-state index contributed by atoms with van der Waals surface area (Å²) in [4.78, 5) is 26.3. The van der Waals surface area contributed by atoms with Gasteiger partial charge in [-0.1, -0.05) is 0 Å². The molecule has 1 unspecified atom stereocenters. The molecule has 27 heavy (non-hydrogen) atoms. The number of carbonyl (C=O) groups excluding carboxylic acids is 2. The fourth-order valence-corrected chi connectivity index (χ4v) is 3.74. The summed E-state index contributed by atoms with van der Waals surface area (Å²) in [7, 11) is 0. The number of rotatable bonds is 6. The van der Waals surface area contributed by atoms with Gasteiger partial charge >= 0.3 is 0 Å². The lowest BCUT2D eigenvalue weighted by Gasteiger charge is -2.32. The van der Waals surface area contributed by atoms with Gasteiger partial charge in [0.25, 0.3) is 5.91 Å². The van der Waals surface area contributed by atoms with Crippen molar-refractivity contribution < 1.29 is 19.1 Å². The minimum absolute atomic E-state index is 0.0552. The molecular formula is C21H28N2O4. The van der Waals surface area contributed by atoms with Crippen molar-refractivity contribution in [2.45, 2.75) is 38.2 Å². The first-order chi connectivity index (χ1) is 13.2. The molecule has 6 nitrogen and oxygen atoms in total. The monoisotopic (exact) mass is 372 g/mol. The van der Waals surface area contributed by atoms with Crippen LogP contribution in [0.5, 0.6) is 5.75 Å². The quantitative estimate of drug-likeness (QED) is 0.832. The summed E-state index contributed by atoms with van der Waals surface area (Å²) in [6.07, 6.45) is 5.00. The van der Waals surface area contributed by atoms with Crippen LogP contribution in [0.25, 0.3) is 0 Å². The highest BCUT2D eigenvalue weighted by molar-refractivity contribution is 5.94. The Kier molecular flexibility index (Phi) is 5.62. The number of carbonyl (C=O) groups is 2. The van der Waals surface area contributed by atoms with Gasteiger partial charge in [-0.05, 0) is 43.5 Å². The van der Waals surface area contributed by atoms with Crippen LogP contribution < -0.4 is 10.1 Å². The fraction of sp³-hybridized carbons (Fsp3) is 0.619. The molecule has 6 heteroatoms. The van der Waals surface area contributed by atoms with Gasteiger partial charge in [-0.25, -0.2) is 0 Å². The lowest BCUT2D eigenvalue weighted by molar-refractivity contribution is -0.134. The summed E-state index contributed by atoms with van der Waals surface area (Å²) >= 11 is 0. The van der Waals surface area contributed by atoms with E-state index in [1.165, 1.54) is 0 Å². The van der Waals surface area contributed by atoms with Crippen LogP contribution in [0.4, 0.5) is 0 Å². The van der Waals surface area contributed by atoms with Gasteiger partial charge in [0.15, 0.2) is 0 Å². The van der Waals surface area contributed by atoms with E-state index in [2.05, 4.69) is 5.32 Å². The Bertz CT molecular complexity index is 657. The zero-order chi connectivity index (χ0) is 18.6. The maximum atomic E-state index is 12.2. The Morgan fingerprint density at radius 2 is 1.81 bits per heavy atom. The van der Waals surface area contributed by atoms with Crippen LogP contribution in [0.3, 0.4) is 0 Å². The van der Waals surface area contributed by atoms with Crippen LogP contribution in [0.15, 0.2) is 24.3 Å². The van der Waals surface area contributed by atoms with Gasteiger partial charge in [-0.3, -0.25) is 9.59 Å². The van der Waals surface area contributed by atoms with Crippen molar-refractivity contribution in [1.82, 2.24) is 10.2 Å². The highest BCUT2D eigenvalue weighted by Gasteiger charge is 2.35. The number of hydrogen-bond acceptors (Lipinski definition) is 4. The van der Waals surface area contributed by atoms with E-state index in [0.29, 0.717) is 29.9 Å². The molecule has 2 amide bonds. The van der Waals surface area contributed by atoms with Crippen molar-refractivity contribution in [3.63, 3.8) is 0 Å². The van der Waals surface area contributed by atoms with Gasteiger partial charge in [0.2, 0.25) is 5.91 Å². The fourth-order valence-electron chi connectivity index (χ4n) is 3.74. The van der Waals surface area contributed by atoms with Gasteiger partial charge in [-0.15, -0.1) is 0 Å². The molecule has 2 heterocycles. The lowest BCUT2D eigenvalue weighted by Crippen LogP contribution is -2.42. The molecule has 0 radical (unpaired) electrons. The Labute approximate surface area is 160 Å². The van der Waals surface area contributed by atoms with E-state index in [1.54, 1.807) is 0 Å². The zero-order valence-electron chi connectivity index (χ0n) is 15.7. The summed E-state index contributed by atoms with van der Waals surface area (Å²) in [5.41, 5.74) is 0.645. The normalized spacial score (nSPS) is 23.3. The first-order valence-corrected chi connectivity index (χ1v) is 10.1. The maximum absolute atomic E-state index is 12.2. The minimum atomic E-state index is -0.0552. The van der Waals surface area contributed by atoms with E-state index in [4.69, 9.17) is 9.47 Å². The number of benzene rings is 1. The van der Waals surface area contributed by atoms with Crippen LogP contribution >= 0.6 is 0 Å². The van der Waals surface area contributed by atoms with Gasteiger partial charge < -0.3 is 19.7 Å². The lowest BCUT2D eigenvalue weighted by atomic mass is 10.1. The van der Waals surface area contributed by atoms with Crippen molar-refractivity contribution in [3.8, 4) is 5.75 Å². The average molecular weight is 372 g/mol. The highest BCUT2D eigenvalue weighted by atomic mass is 16.5. The summed E-state index contributed by atoms with van der Waals surface area (Å²) in [6, 6.07) is 7.33. The highest BCUT2D eigenvalue weighted by Crippen LogP contribution is 2.32. The first-order valence-electron chi connectivity index (χ1n) is 10.1. The van der Waals surface area contributed by atoms with Crippen molar-refractivity contribution in [1.29, 1.82) is 0 Å². The summed E-state index contributed by atoms with van der Waals surface area (Å²) in [5.74, 6) is 1.77. The SMILES string of the molecule is O=C(NCC1CCOC1)c1ccc(OC2CCN(C(=O)C3CC3)CC2)cc1. The Morgan fingerprint density at radius 1 is 1.07 bits per heavy atom. The summed E-state index contributed by atoms with van der Waals surface area (Å²) < 4.78 is 11.4. The van der Waals surface area contributed by atoms with Crippen molar-refractivity contribution in [2.75, 3.05) is 32.8 Å². The summed E-state index contributed by atoms with van der Waals surface area (Å²) in [6.45, 7) is 3.75. The van der Waals surface area contributed by atoms with Crippen LogP contribution in [-0.2, 0) is 9.53 Å². The van der Waals surface area contributed by atoms with E-state index in [1.807, 2.05) is 29.2 Å². The standard InChI is InChI=1S/C21H28N2O4/c24-20(22-13-15-9-12-26-14-15)16-3-5-18(6-4-16)27-19-7-10-23(11-8-19)21(25)17-1-2-17/h3-6,15,17,19H,1-2,7-14H2,(H,22,24). The molecule has 1 atom stereocenters. The van der Waals surface area contributed by atoms with Gasteiger partial charge in [-0.2, -0.15) is 0 Å². The number of nitrogens with one attached hydrogen (secondary N) is 1. The Hall–Kier alpha value is -2.08. The number of hydrogen-bond donors (Lipinski definition) is 1. The molecule has 1 aromatic rings. The molecule has 3 aliphatic rings. The predicted molar refractivity (Wildman–Crippen MR) is 101 cm³/mol. The number of nitrogens with zero attached hydrogens (tertiary/aromatic N) is 1. The van der Waals surface area contributed by atoms with Crippen molar-refractivity contribution in [3.05, 3.63) is 29.8 Å². The molecule has 1 aromatic carbocycles. The van der Waals surface area contributed by atoms with E-state index in [0.717, 1.165) is 64.2 Å². The molecule has 4 rings (SSSR count). The third-order valence-electron chi connectivity index (χ3n) is 5.67. The molecule has 0 aromatic heterocycles. The molecule has 2 aliphatic heterocycles. The van der Waals surface area contributed by atoms with Gasteiger partial charge in [0.1, 0.15) is 11.9 Å². The third kappa shape index (κ3) is 4.80. The largest absolute Gasteiger partial charge is 0.490 e. The number of piperidine rings is 1. The Morgan fingerprint density at radius 3 is 2.44 bits per heavy atom. The van der Waals surface area contributed by atoms with Crippen LogP contribution in [0.2, 0.25) is 0 Å². The molecule has 3 fully saturated rings. The molecule has 1 N–H and O–H groups in total. The van der Waals surface area contributed by atoms with Gasteiger partial charge in [0.05, 0.1) is 6.61 Å². The number of ether oxygens (including phenoxy) is 2. The zero-order valence-corrected chi connectivity index (χ0v) is 15.7. The maximum Gasteiger partial charge on any atom is 0.251 e. The first kappa shape index (κ1) is 18.3. The van der Waals surface area contributed by atoms with Crippen molar-refractivity contribution >= 4 is 11.8 Å². The second kappa shape index (κ2) is 8.30. The summed E-state index contributed by atoms with van der Waals surface area (Å²) in [5, 5.41) is 2.97. The molecular weight excluding hydrogens is 344 g/mol. The third-order valence-corrected chi connectivity index (χ3v) is 5.67. The molecule has 0 spiro atoms. The van der Waals surface area contributed by atoms with Crippen molar-refractivity contribution in [2.24, 2.45) is 11.8 Å². The topological polar surface area (TPSA) is 67.9 Å². The van der Waals surface area contributed by atoms with E-state index in [-0.39, 0.29) is 12.0 Å². The molecule has 0 bridgehead atoms. The van der Waals surface area contributed by atoms with E-state index >= 15 is 0 Å². The van der Waals surface area contributed by atoms with Crippen LogP contribution in [0.1, 0.15) is 42.5 Å². The van der Waals surface area contributed by atoms with E-state index < -0.39 is 0 Å². The number of amides is 2. The van der Waals surface area contributed by atoms with Crippen LogP contribution in [-0.4, -0.2) is 55.7 Å². The number of likely N-dealkylation sites (tertiary alicyclic amines) is 1. The molecule has 146 valence electrons. The molecule has 2 saturated heterocycles. The Balaban J connectivity index is 1.22. The molecule has 1 saturated carbocycles. The van der Waals surface area contributed by atoms with Gasteiger partial charge in [0, 0.05) is 56.5 Å².